The van der Waals surface area contributed by atoms with Crippen LogP contribution in [0.5, 0.6) is 17.2 Å². The largest absolute Gasteiger partial charge is 0.467 e. The summed E-state index contributed by atoms with van der Waals surface area (Å²) in [5, 5.41) is 9.68. The standard InChI is InChI=1S/C12H16O3.C11H14O2/c1-2-3-10(13)6-9-4-5-11-12(7-9)15-8-14-11;1-2-4-10-9-5-3-6-11(10)13-8-12-7-9/h4-5,7,10,13H,2-3,6,8H2,1H3;3,5-6H,2,4,7-8H2,1H3. The molecule has 0 radical (unpaired) electrons. The summed E-state index contributed by atoms with van der Waals surface area (Å²) in [6.45, 7) is 5.62. The van der Waals surface area contributed by atoms with E-state index >= 15 is 0 Å². The quantitative estimate of drug-likeness (QED) is 0.785. The third kappa shape index (κ3) is 5.40. The lowest BCUT2D eigenvalue weighted by molar-refractivity contribution is 0.0110. The molecular formula is C23H30O5. The molecule has 0 aromatic heterocycles. The van der Waals surface area contributed by atoms with Gasteiger partial charge in [-0.2, -0.15) is 0 Å². The molecule has 28 heavy (non-hydrogen) atoms. The van der Waals surface area contributed by atoms with Crippen LogP contribution in [-0.2, 0) is 24.2 Å². The molecule has 2 aliphatic rings. The number of fused-ring (bicyclic) bond motifs is 3. The lowest BCUT2D eigenvalue weighted by Gasteiger charge is -2.09. The number of ether oxygens (including phenoxy) is 4. The molecule has 0 spiro atoms. The molecular weight excluding hydrogens is 356 g/mol. The van der Waals surface area contributed by atoms with E-state index in [9.17, 15) is 5.11 Å². The van der Waals surface area contributed by atoms with Crippen LogP contribution in [0.2, 0.25) is 0 Å². The summed E-state index contributed by atoms with van der Waals surface area (Å²) < 4.78 is 21.3. The maximum atomic E-state index is 9.68. The van der Waals surface area contributed by atoms with E-state index in [1.807, 2.05) is 30.3 Å². The Morgan fingerprint density at radius 3 is 2.57 bits per heavy atom. The first kappa shape index (κ1) is 20.5. The first-order valence-corrected chi connectivity index (χ1v) is 10.1. The smallest absolute Gasteiger partial charge is 0.231 e. The number of rotatable bonds is 6. The van der Waals surface area contributed by atoms with Crippen molar-refractivity contribution in [2.24, 2.45) is 0 Å². The topological polar surface area (TPSA) is 57.2 Å². The van der Waals surface area contributed by atoms with Crippen LogP contribution in [0.4, 0.5) is 0 Å². The van der Waals surface area contributed by atoms with Crippen molar-refractivity contribution in [1.82, 2.24) is 0 Å². The molecule has 2 heterocycles. The highest BCUT2D eigenvalue weighted by Crippen LogP contribution is 2.33. The molecule has 0 saturated heterocycles. The van der Waals surface area contributed by atoms with Gasteiger partial charge in [0, 0.05) is 0 Å². The number of hydrogen-bond donors (Lipinski definition) is 1. The van der Waals surface area contributed by atoms with Gasteiger partial charge in [0.25, 0.3) is 0 Å². The van der Waals surface area contributed by atoms with Crippen LogP contribution >= 0.6 is 0 Å². The van der Waals surface area contributed by atoms with E-state index in [-0.39, 0.29) is 6.10 Å². The third-order valence-electron chi connectivity index (χ3n) is 4.82. The summed E-state index contributed by atoms with van der Waals surface area (Å²) in [6.07, 6.45) is 4.50. The first-order valence-electron chi connectivity index (χ1n) is 10.1. The fraction of sp³-hybridized carbons (Fsp3) is 0.478. The highest BCUT2D eigenvalue weighted by Gasteiger charge is 2.14. The van der Waals surface area contributed by atoms with Gasteiger partial charge in [-0.25, -0.2) is 0 Å². The zero-order chi connectivity index (χ0) is 19.8. The Morgan fingerprint density at radius 1 is 0.929 bits per heavy atom. The Kier molecular flexibility index (Phi) is 7.57. The van der Waals surface area contributed by atoms with Gasteiger partial charge < -0.3 is 24.1 Å². The molecule has 0 saturated carbocycles. The van der Waals surface area contributed by atoms with E-state index in [2.05, 4.69) is 19.9 Å². The van der Waals surface area contributed by atoms with Gasteiger partial charge >= 0.3 is 0 Å². The minimum Gasteiger partial charge on any atom is -0.467 e. The molecule has 1 atom stereocenters. The maximum absolute atomic E-state index is 9.68. The second kappa shape index (κ2) is 10.3. The Labute approximate surface area is 167 Å². The minimum absolute atomic E-state index is 0.254. The van der Waals surface area contributed by atoms with Gasteiger partial charge in [0.15, 0.2) is 18.3 Å². The lowest BCUT2D eigenvalue weighted by Crippen LogP contribution is -2.09. The zero-order valence-electron chi connectivity index (χ0n) is 16.8. The Balaban J connectivity index is 0.000000162. The molecule has 0 fully saturated rings. The number of benzene rings is 2. The summed E-state index contributed by atoms with van der Waals surface area (Å²) in [4.78, 5) is 0. The van der Waals surface area contributed by atoms with Crippen molar-refractivity contribution in [3.8, 4) is 17.2 Å². The predicted octanol–water partition coefficient (Wildman–Crippen LogP) is 4.62. The maximum Gasteiger partial charge on any atom is 0.231 e. The van der Waals surface area contributed by atoms with Crippen molar-refractivity contribution >= 4 is 0 Å². The van der Waals surface area contributed by atoms with Crippen molar-refractivity contribution in [2.75, 3.05) is 13.6 Å². The van der Waals surface area contributed by atoms with E-state index in [0.29, 0.717) is 26.6 Å². The molecule has 1 N–H and O–H groups in total. The number of aliphatic hydroxyl groups excluding tert-OH is 1. The Morgan fingerprint density at radius 2 is 1.75 bits per heavy atom. The lowest BCUT2D eigenvalue weighted by atomic mass is 10.0. The highest BCUT2D eigenvalue weighted by molar-refractivity contribution is 5.44. The fourth-order valence-electron chi connectivity index (χ4n) is 3.45. The SMILES string of the molecule is CCCC(O)Cc1ccc2c(c1)OCO2.CCCc1c2cccc1OCOC2. The average Bonchev–Trinajstić information content (AvgIpc) is 3.12. The van der Waals surface area contributed by atoms with Gasteiger partial charge in [-0.15, -0.1) is 0 Å². The summed E-state index contributed by atoms with van der Waals surface area (Å²) in [5.41, 5.74) is 3.69. The summed E-state index contributed by atoms with van der Waals surface area (Å²) in [5.74, 6) is 2.58. The minimum atomic E-state index is -0.254. The zero-order valence-corrected chi connectivity index (χ0v) is 16.8. The van der Waals surface area contributed by atoms with Crippen LogP contribution in [0.1, 0.15) is 49.8 Å². The van der Waals surface area contributed by atoms with Gasteiger partial charge in [0.05, 0.1) is 12.7 Å². The normalized spacial score (nSPS) is 15.1. The van der Waals surface area contributed by atoms with Crippen molar-refractivity contribution in [3.05, 3.63) is 53.1 Å². The van der Waals surface area contributed by atoms with E-state index < -0.39 is 0 Å². The van der Waals surface area contributed by atoms with Crippen molar-refractivity contribution in [2.45, 2.75) is 58.7 Å². The molecule has 152 valence electrons. The van der Waals surface area contributed by atoms with Crippen molar-refractivity contribution in [3.63, 3.8) is 0 Å². The summed E-state index contributed by atoms with van der Waals surface area (Å²) in [6, 6.07) is 12.0. The van der Waals surface area contributed by atoms with E-state index in [0.717, 1.165) is 48.5 Å². The van der Waals surface area contributed by atoms with Gasteiger partial charge in [-0.05, 0) is 54.2 Å². The molecule has 0 amide bonds. The number of hydrogen-bond acceptors (Lipinski definition) is 5. The molecule has 2 bridgehead atoms. The average molecular weight is 386 g/mol. The van der Waals surface area contributed by atoms with Crippen LogP contribution in [0.25, 0.3) is 0 Å². The number of aliphatic hydroxyl groups is 1. The van der Waals surface area contributed by atoms with Crippen LogP contribution in [-0.4, -0.2) is 24.8 Å². The van der Waals surface area contributed by atoms with Crippen molar-refractivity contribution in [1.29, 1.82) is 0 Å². The van der Waals surface area contributed by atoms with Crippen LogP contribution in [0.3, 0.4) is 0 Å². The van der Waals surface area contributed by atoms with Crippen LogP contribution in [0.15, 0.2) is 36.4 Å². The second-order valence-electron chi connectivity index (χ2n) is 7.09. The third-order valence-corrected chi connectivity index (χ3v) is 4.82. The molecule has 2 aliphatic heterocycles. The van der Waals surface area contributed by atoms with E-state index in [1.165, 1.54) is 11.1 Å². The van der Waals surface area contributed by atoms with Crippen molar-refractivity contribution < 1.29 is 24.1 Å². The van der Waals surface area contributed by atoms with E-state index in [1.54, 1.807) is 0 Å². The van der Waals surface area contributed by atoms with Crippen LogP contribution < -0.4 is 14.2 Å². The summed E-state index contributed by atoms with van der Waals surface area (Å²) in [7, 11) is 0. The first-order chi connectivity index (χ1) is 13.7. The molecule has 0 aliphatic carbocycles. The predicted molar refractivity (Wildman–Crippen MR) is 108 cm³/mol. The monoisotopic (exact) mass is 386 g/mol. The molecule has 2 aromatic rings. The summed E-state index contributed by atoms with van der Waals surface area (Å²) >= 11 is 0. The Bertz CT molecular complexity index is 734. The highest BCUT2D eigenvalue weighted by atomic mass is 16.7. The molecule has 2 aromatic carbocycles. The second-order valence-corrected chi connectivity index (χ2v) is 7.09. The molecule has 1 unspecified atom stereocenters. The van der Waals surface area contributed by atoms with E-state index in [4.69, 9.17) is 18.9 Å². The molecule has 5 nitrogen and oxygen atoms in total. The van der Waals surface area contributed by atoms with Gasteiger partial charge in [-0.1, -0.05) is 44.9 Å². The van der Waals surface area contributed by atoms with Gasteiger partial charge in [0.1, 0.15) is 5.75 Å². The Hall–Kier alpha value is -2.24. The fourth-order valence-corrected chi connectivity index (χ4v) is 3.45. The van der Waals surface area contributed by atoms with Gasteiger partial charge in [0.2, 0.25) is 6.79 Å². The molecule has 4 rings (SSSR count). The van der Waals surface area contributed by atoms with Gasteiger partial charge in [-0.3, -0.25) is 0 Å². The van der Waals surface area contributed by atoms with Crippen LogP contribution in [0, 0.1) is 0 Å². The molecule has 5 heteroatoms.